The third-order valence-electron chi connectivity index (χ3n) is 7.05. The van der Waals surface area contributed by atoms with Gasteiger partial charge in [0.2, 0.25) is 0 Å². The van der Waals surface area contributed by atoms with Crippen LogP contribution in [0.4, 0.5) is 0 Å². The van der Waals surface area contributed by atoms with E-state index in [1.165, 1.54) is 11.1 Å². The molecule has 4 rings (SSSR count). The van der Waals surface area contributed by atoms with Crippen molar-refractivity contribution in [1.82, 2.24) is 9.88 Å². The average Bonchev–Trinajstić information content (AvgIpc) is 2.84. The van der Waals surface area contributed by atoms with Crippen molar-refractivity contribution in [2.24, 2.45) is 11.8 Å². The van der Waals surface area contributed by atoms with Gasteiger partial charge in [-0.05, 0) is 105 Å². The third kappa shape index (κ3) is 6.28. The summed E-state index contributed by atoms with van der Waals surface area (Å²) in [5.41, 5.74) is 3.44. The average molecular weight is 481 g/mol. The highest BCUT2D eigenvalue weighted by molar-refractivity contribution is 6.30. The van der Waals surface area contributed by atoms with Gasteiger partial charge in [-0.2, -0.15) is 0 Å². The van der Waals surface area contributed by atoms with Crippen molar-refractivity contribution < 1.29 is 14.6 Å². The highest BCUT2D eigenvalue weighted by Crippen LogP contribution is 2.30. The van der Waals surface area contributed by atoms with E-state index in [1.807, 2.05) is 42.6 Å². The van der Waals surface area contributed by atoms with Crippen LogP contribution in [0.25, 0.3) is 10.9 Å². The van der Waals surface area contributed by atoms with Gasteiger partial charge in [-0.1, -0.05) is 23.7 Å². The molecule has 0 saturated carbocycles. The van der Waals surface area contributed by atoms with Crippen LogP contribution in [0.1, 0.15) is 36.8 Å². The topological polar surface area (TPSA) is 62.7 Å². The number of aryl methyl sites for hydroxylation is 2. The van der Waals surface area contributed by atoms with Crippen molar-refractivity contribution in [2.45, 2.75) is 38.5 Å². The van der Waals surface area contributed by atoms with Gasteiger partial charge in [0.05, 0.1) is 18.5 Å². The van der Waals surface area contributed by atoms with Crippen LogP contribution in [0.5, 0.6) is 5.75 Å². The standard InChI is InChI=1S/C28H33ClN2O3/c1-34-24-10-11-27-25(18-24)21(12-14-30-27)7-3-8-22-13-16-31(19-26(22)28(32)33)15-4-6-20-5-2-9-23(29)17-20/h2,5,9-12,14,17-18,22,26H,3-4,6-8,13,15-16,19H2,1H3,(H,32,33)/t22-,26+/m1/s1. The van der Waals surface area contributed by atoms with Crippen LogP contribution < -0.4 is 4.74 Å². The summed E-state index contributed by atoms with van der Waals surface area (Å²) in [4.78, 5) is 18.8. The van der Waals surface area contributed by atoms with Gasteiger partial charge in [-0.3, -0.25) is 9.78 Å². The molecule has 1 saturated heterocycles. The van der Waals surface area contributed by atoms with E-state index in [1.54, 1.807) is 7.11 Å². The molecule has 5 nitrogen and oxygen atoms in total. The predicted octanol–water partition coefficient (Wildman–Crippen LogP) is 5.88. The SMILES string of the molecule is COc1ccc2nccc(CCC[C@@H]3CCN(CCCc4cccc(Cl)c4)C[C@@H]3C(=O)O)c2c1. The van der Waals surface area contributed by atoms with Crippen molar-refractivity contribution in [3.63, 3.8) is 0 Å². The van der Waals surface area contributed by atoms with E-state index >= 15 is 0 Å². The summed E-state index contributed by atoms with van der Waals surface area (Å²) in [6, 6.07) is 16.0. The van der Waals surface area contributed by atoms with Gasteiger partial charge in [0, 0.05) is 23.2 Å². The Hall–Kier alpha value is -2.63. The van der Waals surface area contributed by atoms with E-state index in [0.717, 1.165) is 73.3 Å². The molecule has 0 unspecified atom stereocenters. The number of carbonyl (C=O) groups is 1. The first-order chi connectivity index (χ1) is 16.5. The maximum absolute atomic E-state index is 12.1. The van der Waals surface area contributed by atoms with Gasteiger partial charge in [-0.25, -0.2) is 0 Å². The Morgan fingerprint density at radius 1 is 1.18 bits per heavy atom. The second-order valence-electron chi connectivity index (χ2n) is 9.27. The maximum Gasteiger partial charge on any atom is 0.308 e. The van der Waals surface area contributed by atoms with Crippen molar-refractivity contribution in [3.05, 3.63) is 70.9 Å². The molecule has 6 heteroatoms. The Kier molecular flexibility index (Phi) is 8.41. The normalized spacial score (nSPS) is 18.8. The van der Waals surface area contributed by atoms with Crippen LogP contribution in [0.15, 0.2) is 54.7 Å². The molecule has 0 radical (unpaired) electrons. The first-order valence-corrected chi connectivity index (χ1v) is 12.5. The fourth-order valence-electron chi connectivity index (χ4n) is 5.18. The van der Waals surface area contributed by atoms with E-state index < -0.39 is 5.97 Å². The summed E-state index contributed by atoms with van der Waals surface area (Å²) in [6.07, 6.45) is 7.59. The zero-order chi connectivity index (χ0) is 23.9. The lowest BCUT2D eigenvalue weighted by Gasteiger charge is -2.36. The van der Waals surface area contributed by atoms with Crippen molar-refractivity contribution in [1.29, 1.82) is 0 Å². The van der Waals surface area contributed by atoms with Gasteiger partial charge in [0.15, 0.2) is 0 Å². The molecule has 1 aliphatic rings. The molecule has 180 valence electrons. The molecule has 0 bridgehead atoms. The number of carboxylic acids is 1. The first kappa shape index (κ1) is 24.5. The van der Waals surface area contributed by atoms with Gasteiger partial charge >= 0.3 is 5.97 Å². The number of rotatable bonds is 10. The number of methoxy groups -OCH3 is 1. The molecular formula is C28H33ClN2O3. The van der Waals surface area contributed by atoms with Crippen molar-refractivity contribution in [3.8, 4) is 5.75 Å². The second kappa shape index (κ2) is 11.7. The number of fused-ring (bicyclic) bond motifs is 1. The monoisotopic (exact) mass is 480 g/mol. The van der Waals surface area contributed by atoms with Gasteiger partial charge in [-0.15, -0.1) is 0 Å². The summed E-state index contributed by atoms with van der Waals surface area (Å²) >= 11 is 6.08. The molecule has 1 N–H and O–H groups in total. The van der Waals surface area contributed by atoms with Crippen LogP contribution >= 0.6 is 11.6 Å². The number of carboxylic acid groups (broad SMARTS) is 1. The molecule has 34 heavy (non-hydrogen) atoms. The molecule has 0 aliphatic carbocycles. The van der Waals surface area contributed by atoms with Gasteiger partial charge in [0.25, 0.3) is 0 Å². The molecule has 1 fully saturated rings. The van der Waals surface area contributed by atoms with E-state index in [0.29, 0.717) is 6.54 Å². The lowest BCUT2D eigenvalue weighted by atomic mass is 9.81. The largest absolute Gasteiger partial charge is 0.497 e. The summed E-state index contributed by atoms with van der Waals surface area (Å²) in [5, 5.41) is 11.8. The number of hydrogen-bond donors (Lipinski definition) is 1. The zero-order valence-corrected chi connectivity index (χ0v) is 20.5. The smallest absolute Gasteiger partial charge is 0.308 e. The Morgan fingerprint density at radius 3 is 2.85 bits per heavy atom. The summed E-state index contributed by atoms with van der Waals surface area (Å²) in [7, 11) is 1.67. The fraction of sp³-hybridized carbons (Fsp3) is 0.429. The Balaban J connectivity index is 1.29. The minimum Gasteiger partial charge on any atom is -0.497 e. The number of aliphatic carboxylic acids is 1. The third-order valence-corrected chi connectivity index (χ3v) is 7.28. The quantitative estimate of drug-likeness (QED) is 0.393. The highest BCUT2D eigenvalue weighted by atomic mass is 35.5. The molecular weight excluding hydrogens is 448 g/mol. The number of nitrogens with zero attached hydrogens (tertiary/aromatic N) is 2. The first-order valence-electron chi connectivity index (χ1n) is 12.1. The fourth-order valence-corrected chi connectivity index (χ4v) is 5.39. The molecule has 2 heterocycles. The van der Waals surface area contributed by atoms with Crippen LogP contribution in [0, 0.1) is 11.8 Å². The number of benzene rings is 2. The van der Waals surface area contributed by atoms with E-state index in [4.69, 9.17) is 16.3 Å². The lowest BCUT2D eigenvalue weighted by Crippen LogP contribution is -2.44. The molecule has 0 spiro atoms. The Labute approximate surface area is 206 Å². The van der Waals surface area contributed by atoms with Crippen molar-refractivity contribution >= 4 is 28.5 Å². The summed E-state index contributed by atoms with van der Waals surface area (Å²) < 4.78 is 5.38. The maximum atomic E-state index is 12.1. The van der Waals surface area contributed by atoms with Gasteiger partial charge < -0.3 is 14.7 Å². The highest BCUT2D eigenvalue weighted by Gasteiger charge is 2.33. The van der Waals surface area contributed by atoms with E-state index in [2.05, 4.69) is 22.0 Å². The number of piperidine rings is 1. The second-order valence-corrected chi connectivity index (χ2v) is 9.71. The number of pyridine rings is 1. The zero-order valence-electron chi connectivity index (χ0n) is 19.8. The number of halogens is 1. The molecule has 1 aliphatic heterocycles. The minimum atomic E-state index is -0.663. The number of likely N-dealkylation sites (tertiary alicyclic amines) is 1. The molecule has 1 aromatic heterocycles. The van der Waals surface area contributed by atoms with E-state index in [-0.39, 0.29) is 11.8 Å². The number of ether oxygens (including phenoxy) is 1. The van der Waals surface area contributed by atoms with Crippen LogP contribution in [0.3, 0.4) is 0 Å². The van der Waals surface area contributed by atoms with Gasteiger partial charge in [0.1, 0.15) is 5.75 Å². The number of aromatic nitrogens is 1. The molecule has 3 aromatic rings. The molecule has 2 atom stereocenters. The Bertz CT molecular complexity index is 1120. The molecule has 2 aromatic carbocycles. The van der Waals surface area contributed by atoms with Crippen LogP contribution in [-0.2, 0) is 17.6 Å². The van der Waals surface area contributed by atoms with Crippen LogP contribution in [-0.4, -0.2) is 47.7 Å². The predicted molar refractivity (Wildman–Crippen MR) is 137 cm³/mol. The van der Waals surface area contributed by atoms with E-state index in [9.17, 15) is 9.90 Å². The lowest BCUT2D eigenvalue weighted by molar-refractivity contribution is -0.146. The Morgan fingerprint density at radius 2 is 2.06 bits per heavy atom. The van der Waals surface area contributed by atoms with Crippen molar-refractivity contribution in [2.75, 3.05) is 26.7 Å². The minimum absolute atomic E-state index is 0.226. The van der Waals surface area contributed by atoms with Crippen LogP contribution in [0.2, 0.25) is 5.02 Å². The number of hydrogen-bond acceptors (Lipinski definition) is 4. The summed E-state index contributed by atoms with van der Waals surface area (Å²) in [6.45, 7) is 2.54. The molecule has 0 amide bonds. The summed E-state index contributed by atoms with van der Waals surface area (Å²) in [5.74, 6) is 0.0950.